The number of rotatable bonds is 4. The third kappa shape index (κ3) is 3.26. The zero-order valence-electron chi connectivity index (χ0n) is 9.81. The Labute approximate surface area is 112 Å². The van der Waals surface area contributed by atoms with E-state index in [9.17, 15) is 5.26 Å². The molecule has 1 atom stereocenters. The lowest BCUT2D eigenvalue weighted by Crippen LogP contribution is -2.10. The van der Waals surface area contributed by atoms with Crippen molar-refractivity contribution in [2.24, 2.45) is 0 Å². The number of nitrogens with zero attached hydrogens (tertiary/aromatic N) is 1. The molecule has 0 aliphatic heterocycles. The Hall–Kier alpha value is -1.98. The van der Waals surface area contributed by atoms with Gasteiger partial charge in [0.2, 0.25) is 0 Å². The van der Waals surface area contributed by atoms with Crippen LogP contribution in [0.2, 0.25) is 5.02 Å². The summed E-state index contributed by atoms with van der Waals surface area (Å²) < 4.78 is 0. The second-order valence-electron chi connectivity index (χ2n) is 3.98. The fourth-order valence-corrected chi connectivity index (χ4v) is 1.84. The van der Waals surface area contributed by atoms with E-state index >= 15 is 0 Å². The molecule has 3 heteroatoms. The Morgan fingerprint density at radius 2 is 1.72 bits per heavy atom. The number of benzene rings is 2. The molecule has 0 aromatic heterocycles. The molecule has 90 valence electrons. The zero-order chi connectivity index (χ0) is 12.8. The Morgan fingerprint density at radius 1 is 1.06 bits per heavy atom. The summed E-state index contributed by atoms with van der Waals surface area (Å²) in [5.74, 6) is -0.151. The van der Waals surface area contributed by atoms with Crippen molar-refractivity contribution in [1.29, 1.82) is 5.26 Å². The predicted octanol–water partition coefficient (Wildman–Crippen LogP) is 4.06. The molecule has 2 aromatic carbocycles. The van der Waals surface area contributed by atoms with E-state index in [0.29, 0.717) is 11.6 Å². The van der Waals surface area contributed by atoms with Gasteiger partial charge in [0, 0.05) is 17.3 Å². The van der Waals surface area contributed by atoms with Gasteiger partial charge in [0.1, 0.15) is 0 Å². The highest BCUT2D eigenvalue weighted by molar-refractivity contribution is 6.30. The summed E-state index contributed by atoms with van der Waals surface area (Å²) in [6.07, 6.45) is 0. The molecule has 0 spiro atoms. The predicted molar refractivity (Wildman–Crippen MR) is 74.7 cm³/mol. The summed E-state index contributed by atoms with van der Waals surface area (Å²) in [6.45, 7) is 0.585. The number of hydrogen-bond donors (Lipinski definition) is 1. The highest BCUT2D eigenvalue weighted by atomic mass is 35.5. The van der Waals surface area contributed by atoms with Gasteiger partial charge in [0.05, 0.1) is 12.0 Å². The number of nitriles is 1. The van der Waals surface area contributed by atoms with Crippen LogP contribution in [-0.4, -0.2) is 6.54 Å². The molecule has 0 aliphatic carbocycles. The van der Waals surface area contributed by atoms with E-state index in [4.69, 9.17) is 11.6 Å². The minimum Gasteiger partial charge on any atom is -0.383 e. The molecule has 18 heavy (non-hydrogen) atoms. The van der Waals surface area contributed by atoms with Crippen LogP contribution >= 0.6 is 11.6 Å². The summed E-state index contributed by atoms with van der Waals surface area (Å²) in [6, 6.07) is 19.6. The van der Waals surface area contributed by atoms with Gasteiger partial charge < -0.3 is 5.32 Å². The number of halogens is 1. The van der Waals surface area contributed by atoms with E-state index in [0.717, 1.165) is 11.3 Å². The lowest BCUT2D eigenvalue weighted by molar-refractivity contribution is 0.901. The third-order valence-electron chi connectivity index (χ3n) is 2.71. The third-order valence-corrected chi connectivity index (χ3v) is 2.96. The maximum absolute atomic E-state index is 9.19. The first-order valence-corrected chi connectivity index (χ1v) is 6.11. The van der Waals surface area contributed by atoms with Crippen LogP contribution in [0.5, 0.6) is 0 Å². The maximum atomic E-state index is 9.19. The number of nitrogens with one attached hydrogen (secondary N) is 1. The topological polar surface area (TPSA) is 35.8 Å². The smallest absolute Gasteiger partial charge is 0.0885 e. The Bertz CT molecular complexity index is 529. The van der Waals surface area contributed by atoms with E-state index in [1.54, 1.807) is 0 Å². The van der Waals surface area contributed by atoms with Gasteiger partial charge in [-0.1, -0.05) is 41.9 Å². The quantitative estimate of drug-likeness (QED) is 0.895. The molecule has 0 amide bonds. The molecule has 0 aliphatic rings. The summed E-state index contributed by atoms with van der Waals surface area (Å²) in [7, 11) is 0. The molecule has 1 unspecified atom stereocenters. The van der Waals surface area contributed by atoms with Crippen molar-refractivity contribution in [3.05, 3.63) is 65.2 Å². The van der Waals surface area contributed by atoms with Crippen LogP contribution in [0.1, 0.15) is 11.5 Å². The highest BCUT2D eigenvalue weighted by Gasteiger charge is 2.09. The van der Waals surface area contributed by atoms with Crippen LogP contribution in [-0.2, 0) is 0 Å². The molecule has 1 N–H and O–H groups in total. The van der Waals surface area contributed by atoms with Crippen molar-refractivity contribution in [2.45, 2.75) is 5.92 Å². The molecule has 2 nitrogen and oxygen atoms in total. The molecule has 0 saturated carbocycles. The first-order chi connectivity index (χ1) is 8.79. The molecule has 0 heterocycles. The fourth-order valence-electron chi connectivity index (χ4n) is 1.71. The van der Waals surface area contributed by atoms with Crippen molar-refractivity contribution in [1.82, 2.24) is 0 Å². The van der Waals surface area contributed by atoms with Crippen molar-refractivity contribution in [2.75, 3.05) is 11.9 Å². The largest absolute Gasteiger partial charge is 0.383 e. The number of hydrogen-bond acceptors (Lipinski definition) is 2. The molecular formula is C15H13ClN2. The minimum absolute atomic E-state index is 0.151. The molecule has 0 fully saturated rings. The first-order valence-electron chi connectivity index (χ1n) is 5.73. The average molecular weight is 257 g/mol. The van der Waals surface area contributed by atoms with Crippen LogP contribution in [0.25, 0.3) is 0 Å². The van der Waals surface area contributed by atoms with Crippen molar-refractivity contribution in [3.8, 4) is 6.07 Å². The fraction of sp³-hybridized carbons (Fsp3) is 0.133. The average Bonchev–Trinajstić information content (AvgIpc) is 2.43. The Kier molecular flexibility index (Phi) is 4.22. The van der Waals surface area contributed by atoms with Crippen LogP contribution in [0, 0.1) is 11.3 Å². The lowest BCUT2D eigenvalue weighted by Gasteiger charge is -2.11. The van der Waals surface area contributed by atoms with Crippen LogP contribution in [0.3, 0.4) is 0 Å². The second kappa shape index (κ2) is 6.09. The molecule has 2 rings (SSSR count). The second-order valence-corrected chi connectivity index (χ2v) is 4.42. The summed E-state index contributed by atoms with van der Waals surface area (Å²) in [5, 5.41) is 13.1. The molecule has 0 radical (unpaired) electrons. The summed E-state index contributed by atoms with van der Waals surface area (Å²) in [4.78, 5) is 0. The van der Waals surface area contributed by atoms with Crippen LogP contribution in [0.15, 0.2) is 54.6 Å². The molecular weight excluding hydrogens is 244 g/mol. The molecule has 2 aromatic rings. The normalized spacial score (nSPS) is 11.6. The van der Waals surface area contributed by atoms with Crippen LogP contribution in [0.4, 0.5) is 5.69 Å². The van der Waals surface area contributed by atoms with Gasteiger partial charge in [0.15, 0.2) is 0 Å². The van der Waals surface area contributed by atoms with E-state index in [-0.39, 0.29) is 5.92 Å². The van der Waals surface area contributed by atoms with E-state index in [1.165, 1.54) is 0 Å². The summed E-state index contributed by atoms with van der Waals surface area (Å²) >= 11 is 5.82. The maximum Gasteiger partial charge on any atom is 0.0885 e. The first kappa shape index (κ1) is 12.5. The van der Waals surface area contributed by atoms with Crippen molar-refractivity contribution in [3.63, 3.8) is 0 Å². The molecule has 0 saturated heterocycles. The monoisotopic (exact) mass is 256 g/mol. The van der Waals surface area contributed by atoms with Gasteiger partial charge in [-0.25, -0.2) is 0 Å². The van der Waals surface area contributed by atoms with Crippen LogP contribution < -0.4 is 5.32 Å². The van der Waals surface area contributed by atoms with Gasteiger partial charge in [-0.15, -0.1) is 0 Å². The minimum atomic E-state index is -0.151. The van der Waals surface area contributed by atoms with E-state index < -0.39 is 0 Å². The number of anilines is 1. The van der Waals surface area contributed by atoms with Crippen molar-refractivity contribution < 1.29 is 0 Å². The SMILES string of the molecule is N#CC(CNc1ccc(Cl)cc1)c1ccccc1. The van der Waals surface area contributed by atoms with E-state index in [1.807, 2.05) is 54.6 Å². The van der Waals surface area contributed by atoms with Gasteiger partial charge in [-0.2, -0.15) is 5.26 Å². The van der Waals surface area contributed by atoms with Crippen molar-refractivity contribution >= 4 is 17.3 Å². The summed E-state index contributed by atoms with van der Waals surface area (Å²) in [5.41, 5.74) is 2.00. The van der Waals surface area contributed by atoms with E-state index in [2.05, 4.69) is 11.4 Å². The lowest BCUT2D eigenvalue weighted by atomic mass is 10.0. The zero-order valence-corrected chi connectivity index (χ0v) is 10.6. The van der Waals surface area contributed by atoms with Gasteiger partial charge in [0.25, 0.3) is 0 Å². The Morgan fingerprint density at radius 3 is 2.33 bits per heavy atom. The van der Waals surface area contributed by atoms with Gasteiger partial charge in [-0.3, -0.25) is 0 Å². The molecule has 0 bridgehead atoms. The van der Waals surface area contributed by atoms with Gasteiger partial charge in [-0.05, 0) is 29.8 Å². The highest BCUT2D eigenvalue weighted by Crippen LogP contribution is 2.17. The van der Waals surface area contributed by atoms with Gasteiger partial charge >= 0.3 is 0 Å². The Balaban J connectivity index is 2.00. The standard InChI is InChI=1S/C15H13ClN2/c16-14-6-8-15(9-7-14)18-11-13(10-17)12-4-2-1-3-5-12/h1-9,13,18H,11H2.